The van der Waals surface area contributed by atoms with E-state index in [2.05, 4.69) is 139 Å². The first-order valence-electron chi connectivity index (χ1n) is 13.6. The fourth-order valence-corrected chi connectivity index (χ4v) is 8.05. The van der Waals surface area contributed by atoms with Crippen LogP contribution in [0.2, 0.25) is 0 Å². The molecule has 6 aromatic carbocycles. The van der Waals surface area contributed by atoms with Crippen LogP contribution in [0.5, 0.6) is 11.5 Å². The van der Waals surface area contributed by atoms with E-state index < -0.39 is 5.41 Å². The monoisotopic (exact) mass is 529 g/mol. The van der Waals surface area contributed by atoms with Crippen LogP contribution in [0.4, 0.5) is 11.4 Å². The summed E-state index contributed by atoms with van der Waals surface area (Å²) in [6, 6.07) is 48.1. The van der Waals surface area contributed by atoms with E-state index >= 15 is 0 Å². The number of benzene rings is 6. The number of anilines is 2. The van der Waals surface area contributed by atoms with Crippen LogP contribution in [0.1, 0.15) is 22.3 Å². The lowest BCUT2D eigenvalue weighted by Crippen LogP contribution is -2.32. The first-order valence-corrected chi connectivity index (χ1v) is 14.4. The molecule has 1 aromatic heterocycles. The average molecular weight is 530 g/mol. The number of para-hydroxylation sites is 2. The van der Waals surface area contributed by atoms with Crippen LogP contribution in [0.15, 0.2) is 133 Å². The molecule has 0 radical (unpaired) electrons. The summed E-state index contributed by atoms with van der Waals surface area (Å²) in [5.41, 5.74) is 9.27. The van der Waals surface area contributed by atoms with Gasteiger partial charge in [-0.25, -0.2) is 0 Å². The lowest BCUT2D eigenvalue weighted by molar-refractivity contribution is 0.436. The van der Waals surface area contributed by atoms with Crippen molar-refractivity contribution in [3.05, 3.63) is 156 Å². The zero-order valence-electron chi connectivity index (χ0n) is 21.5. The first-order chi connectivity index (χ1) is 19.8. The van der Waals surface area contributed by atoms with Crippen LogP contribution in [-0.4, -0.2) is 0 Å². The van der Waals surface area contributed by atoms with E-state index in [1.807, 2.05) is 11.3 Å². The van der Waals surface area contributed by atoms with E-state index in [4.69, 9.17) is 4.74 Å². The second-order valence-corrected chi connectivity index (χ2v) is 11.7. The van der Waals surface area contributed by atoms with Crippen LogP contribution in [0.3, 0.4) is 0 Å². The number of hydrogen-bond acceptors (Lipinski definition) is 3. The van der Waals surface area contributed by atoms with E-state index in [1.54, 1.807) is 0 Å². The molecule has 3 heteroatoms. The van der Waals surface area contributed by atoms with Crippen molar-refractivity contribution < 1.29 is 4.74 Å². The molecule has 40 heavy (non-hydrogen) atoms. The Kier molecular flexibility index (Phi) is 4.44. The van der Waals surface area contributed by atoms with Crippen molar-refractivity contribution in [3.63, 3.8) is 0 Å². The topological polar surface area (TPSA) is 21.3 Å². The lowest BCUT2D eigenvalue weighted by atomic mass is 9.66. The Balaban J connectivity index is 1.23. The maximum atomic E-state index is 6.44. The third-order valence-electron chi connectivity index (χ3n) is 8.51. The van der Waals surface area contributed by atoms with Crippen molar-refractivity contribution in [2.24, 2.45) is 0 Å². The highest BCUT2D eigenvalue weighted by Crippen LogP contribution is 2.62. The highest BCUT2D eigenvalue weighted by molar-refractivity contribution is 7.25. The molecule has 2 heterocycles. The average Bonchev–Trinajstić information content (AvgIpc) is 3.51. The smallest absolute Gasteiger partial charge is 0.132 e. The second-order valence-electron chi connectivity index (χ2n) is 10.6. The van der Waals surface area contributed by atoms with Crippen molar-refractivity contribution >= 4 is 42.9 Å². The molecule has 0 bridgehead atoms. The van der Waals surface area contributed by atoms with Gasteiger partial charge in [-0.15, -0.1) is 11.3 Å². The van der Waals surface area contributed by atoms with Crippen molar-refractivity contribution in [2.45, 2.75) is 5.41 Å². The minimum Gasteiger partial charge on any atom is -0.457 e. The Hall–Kier alpha value is -4.86. The van der Waals surface area contributed by atoms with Gasteiger partial charge in [-0.05, 0) is 64.7 Å². The molecular formula is C37H23NOS. The Labute approximate surface area is 236 Å². The van der Waals surface area contributed by atoms with Crippen molar-refractivity contribution in [3.8, 4) is 22.6 Å². The summed E-state index contributed by atoms with van der Waals surface area (Å²) in [4.78, 5) is 0. The van der Waals surface area contributed by atoms with E-state index in [0.717, 1.165) is 22.9 Å². The van der Waals surface area contributed by atoms with E-state index in [9.17, 15) is 0 Å². The summed E-state index contributed by atoms with van der Waals surface area (Å²) in [5.74, 6) is 1.84. The zero-order chi connectivity index (χ0) is 26.3. The molecule has 188 valence electrons. The van der Waals surface area contributed by atoms with Gasteiger partial charge in [0.1, 0.15) is 11.5 Å². The first kappa shape index (κ1) is 22.0. The molecule has 0 unspecified atom stereocenters. The third kappa shape index (κ3) is 2.87. The fraction of sp³-hybridized carbons (Fsp3) is 0.0270. The molecule has 2 nitrogen and oxygen atoms in total. The maximum Gasteiger partial charge on any atom is 0.132 e. The van der Waals surface area contributed by atoms with Crippen LogP contribution in [-0.2, 0) is 5.41 Å². The molecule has 0 amide bonds. The number of ether oxygens (including phenoxy) is 1. The van der Waals surface area contributed by atoms with Gasteiger partial charge in [-0.2, -0.15) is 0 Å². The normalized spacial score (nSPS) is 13.9. The molecule has 1 spiro atoms. The molecule has 0 atom stereocenters. The lowest BCUT2D eigenvalue weighted by Gasteiger charge is -2.39. The van der Waals surface area contributed by atoms with E-state index in [0.29, 0.717) is 0 Å². The number of nitrogens with one attached hydrogen (secondary N) is 1. The Morgan fingerprint density at radius 3 is 1.90 bits per heavy atom. The van der Waals surface area contributed by atoms with Gasteiger partial charge in [0.05, 0.1) is 5.41 Å². The quantitative estimate of drug-likeness (QED) is 0.240. The molecule has 1 N–H and O–H groups in total. The largest absolute Gasteiger partial charge is 0.457 e. The standard InChI is InChI=1S/C37H23NOS/c1-3-11-29-25(9-1)28-21-23(38-24-17-19-27-26-10-2-8-16-35(26)40-36(27)22-24)18-20-30(28)37(29)31-12-4-6-14-33(31)39-34-15-7-5-13-32(34)37/h1-22,38H. The summed E-state index contributed by atoms with van der Waals surface area (Å²) in [6.45, 7) is 0. The van der Waals surface area contributed by atoms with Gasteiger partial charge in [0.25, 0.3) is 0 Å². The van der Waals surface area contributed by atoms with Crippen molar-refractivity contribution in [2.75, 3.05) is 5.32 Å². The van der Waals surface area contributed by atoms with E-state index in [-0.39, 0.29) is 0 Å². The number of thiophene rings is 1. The predicted molar refractivity (Wildman–Crippen MR) is 166 cm³/mol. The van der Waals surface area contributed by atoms with Crippen LogP contribution in [0.25, 0.3) is 31.3 Å². The number of fused-ring (bicyclic) bond motifs is 12. The van der Waals surface area contributed by atoms with Gasteiger partial charge in [-0.3, -0.25) is 0 Å². The van der Waals surface area contributed by atoms with Gasteiger partial charge < -0.3 is 10.1 Å². The maximum absolute atomic E-state index is 6.44. The minimum absolute atomic E-state index is 0.425. The highest BCUT2D eigenvalue weighted by Gasteiger charge is 2.50. The molecule has 2 aliphatic rings. The molecule has 9 rings (SSSR count). The van der Waals surface area contributed by atoms with Crippen molar-refractivity contribution in [1.29, 1.82) is 0 Å². The van der Waals surface area contributed by atoms with Crippen molar-refractivity contribution in [1.82, 2.24) is 0 Å². The van der Waals surface area contributed by atoms with Gasteiger partial charge in [-0.1, -0.05) is 91.0 Å². The Morgan fingerprint density at radius 1 is 0.475 bits per heavy atom. The highest BCUT2D eigenvalue weighted by atomic mass is 32.1. The Morgan fingerprint density at radius 2 is 1.07 bits per heavy atom. The summed E-state index contributed by atoms with van der Waals surface area (Å²) in [6.07, 6.45) is 0. The van der Waals surface area contributed by atoms with Gasteiger partial charge >= 0.3 is 0 Å². The molecule has 0 saturated heterocycles. The number of hydrogen-bond donors (Lipinski definition) is 1. The molecular weight excluding hydrogens is 506 g/mol. The van der Waals surface area contributed by atoms with Gasteiger partial charge in [0.15, 0.2) is 0 Å². The van der Waals surface area contributed by atoms with E-state index in [1.165, 1.54) is 53.6 Å². The van der Waals surface area contributed by atoms with Crippen LogP contribution < -0.4 is 10.1 Å². The van der Waals surface area contributed by atoms with Gasteiger partial charge in [0.2, 0.25) is 0 Å². The fourth-order valence-electron chi connectivity index (χ4n) is 6.91. The van der Waals surface area contributed by atoms with Crippen LogP contribution >= 0.6 is 11.3 Å². The predicted octanol–water partition coefficient (Wildman–Crippen LogP) is 10.3. The molecule has 1 aliphatic heterocycles. The second kappa shape index (κ2) is 8.08. The zero-order valence-corrected chi connectivity index (χ0v) is 22.3. The molecule has 0 saturated carbocycles. The van der Waals surface area contributed by atoms with Gasteiger partial charge in [0, 0.05) is 42.7 Å². The summed E-state index contributed by atoms with van der Waals surface area (Å²) in [5, 5.41) is 6.35. The molecule has 0 fully saturated rings. The summed E-state index contributed by atoms with van der Waals surface area (Å²) >= 11 is 1.85. The number of rotatable bonds is 2. The third-order valence-corrected chi connectivity index (χ3v) is 9.65. The Bertz CT molecular complexity index is 2090. The minimum atomic E-state index is -0.425. The summed E-state index contributed by atoms with van der Waals surface area (Å²) in [7, 11) is 0. The summed E-state index contributed by atoms with van der Waals surface area (Å²) < 4.78 is 9.07. The molecule has 7 aromatic rings. The SMILES string of the molecule is c1ccc2c(c1)Oc1ccccc1C21c2ccccc2-c2cc(Nc3ccc4c(c3)sc3ccccc34)ccc21. The van der Waals surface area contributed by atoms with Crippen LogP contribution in [0, 0.1) is 0 Å². The molecule has 1 aliphatic carbocycles.